The van der Waals surface area contributed by atoms with Crippen LogP contribution in [-0.4, -0.2) is 17.7 Å². The van der Waals surface area contributed by atoms with E-state index in [1.165, 1.54) is 0 Å². The van der Waals surface area contributed by atoms with Crippen LogP contribution in [0.2, 0.25) is 0 Å². The van der Waals surface area contributed by atoms with Gasteiger partial charge in [0.2, 0.25) is 0 Å². The quantitative estimate of drug-likeness (QED) is 0.695. The Morgan fingerprint density at radius 1 is 1.57 bits per heavy atom. The molecule has 1 heterocycles. The smallest absolute Gasteiger partial charge is 0.339 e. The number of ether oxygens (including phenoxy) is 1. The van der Waals surface area contributed by atoms with Crippen LogP contribution >= 0.6 is 0 Å². The van der Waals surface area contributed by atoms with Gasteiger partial charge in [0.05, 0.1) is 12.2 Å². The standard InChI is InChI=1S/C11H14O3/c1-11(2)5-7-3-4-14-9(7)8(6-11)10(12)13/h6H,3-5H2,1-2H3,(H,12,13). The molecule has 0 aromatic carbocycles. The summed E-state index contributed by atoms with van der Waals surface area (Å²) in [7, 11) is 0. The van der Waals surface area contributed by atoms with E-state index < -0.39 is 5.97 Å². The van der Waals surface area contributed by atoms with Crippen molar-refractivity contribution in [2.75, 3.05) is 6.61 Å². The van der Waals surface area contributed by atoms with Crippen molar-refractivity contribution >= 4 is 5.97 Å². The van der Waals surface area contributed by atoms with Gasteiger partial charge < -0.3 is 9.84 Å². The zero-order chi connectivity index (χ0) is 10.3. The van der Waals surface area contributed by atoms with Crippen molar-refractivity contribution in [3.8, 4) is 0 Å². The first-order chi connectivity index (χ1) is 6.49. The van der Waals surface area contributed by atoms with Gasteiger partial charge >= 0.3 is 5.97 Å². The van der Waals surface area contributed by atoms with Crippen molar-refractivity contribution in [1.29, 1.82) is 0 Å². The number of carbonyl (C=O) groups is 1. The molecule has 0 unspecified atom stereocenters. The van der Waals surface area contributed by atoms with Crippen LogP contribution in [0.3, 0.4) is 0 Å². The van der Waals surface area contributed by atoms with Crippen LogP contribution in [0, 0.1) is 5.41 Å². The highest BCUT2D eigenvalue weighted by Gasteiger charge is 2.33. The molecule has 2 rings (SSSR count). The molecule has 0 aromatic heterocycles. The molecule has 0 atom stereocenters. The summed E-state index contributed by atoms with van der Waals surface area (Å²) >= 11 is 0. The van der Waals surface area contributed by atoms with Crippen molar-refractivity contribution in [3.05, 3.63) is 23.0 Å². The van der Waals surface area contributed by atoms with Crippen molar-refractivity contribution < 1.29 is 14.6 Å². The fraction of sp³-hybridized carbons (Fsp3) is 0.545. The van der Waals surface area contributed by atoms with Crippen LogP contribution in [0.15, 0.2) is 23.0 Å². The summed E-state index contributed by atoms with van der Waals surface area (Å²) in [6, 6.07) is 0. The van der Waals surface area contributed by atoms with Gasteiger partial charge in [-0.15, -0.1) is 0 Å². The SMILES string of the molecule is CC1(C)C=C(C(=O)O)C2=C(CCO2)C1. The highest BCUT2D eigenvalue weighted by molar-refractivity contribution is 5.92. The second-order valence-electron chi connectivity index (χ2n) is 4.56. The molecule has 0 spiro atoms. The van der Waals surface area contributed by atoms with E-state index in [0.29, 0.717) is 17.9 Å². The Morgan fingerprint density at radius 3 is 2.93 bits per heavy atom. The van der Waals surface area contributed by atoms with Gasteiger partial charge in [0.1, 0.15) is 5.76 Å². The van der Waals surface area contributed by atoms with E-state index in [4.69, 9.17) is 9.84 Å². The monoisotopic (exact) mass is 194 g/mol. The Balaban J connectivity index is 2.43. The molecule has 0 aromatic rings. The molecular formula is C11H14O3. The summed E-state index contributed by atoms with van der Waals surface area (Å²) < 4.78 is 5.35. The van der Waals surface area contributed by atoms with Gasteiger partial charge in [-0.05, 0) is 17.4 Å². The van der Waals surface area contributed by atoms with E-state index in [-0.39, 0.29) is 5.41 Å². The van der Waals surface area contributed by atoms with Crippen molar-refractivity contribution in [1.82, 2.24) is 0 Å². The summed E-state index contributed by atoms with van der Waals surface area (Å²) in [6.07, 6.45) is 3.60. The lowest BCUT2D eigenvalue weighted by molar-refractivity contribution is -0.132. The summed E-state index contributed by atoms with van der Waals surface area (Å²) in [5, 5.41) is 9.04. The first-order valence-electron chi connectivity index (χ1n) is 4.81. The van der Waals surface area contributed by atoms with Crippen molar-refractivity contribution in [2.24, 2.45) is 5.41 Å². The van der Waals surface area contributed by atoms with Crippen LogP contribution in [0.1, 0.15) is 26.7 Å². The third kappa shape index (κ3) is 1.43. The summed E-state index contributed by atoms with van der Waals surface area (Å²) in [4.78, 5) is 11.0. The van der Waals surface area contributed by atoms with Crippen LogP contribution in [0.5, 0.6) is 0 Å². The van der Waals surface area contributed by atoms with E-state index in [0.717, 1.165) is 18.4 Å². The normalized spacial score (nSPS) is 24.0. The van der Waals surface area contributed by atoms with Crippen LogP contribution in [0.25, 0.3) is 0 Å². The summed E-state index contributed by atoms with van der Waals surface area (Å²) in [5.41, 5.74) is 1.45. The average Bonchev–Trinajstić information content (AvgIpc) is 2.47. The van der Waals surface area contributed by atoms with Gasteiger partial charge in [0, 0.05) is 6.42 Å². The van der Waals surface area contributed by atoms with Crippen LogP contribution in [0.4, 0.5) is 0 Å². The topological polar surface area (TPSA) is 46.5 Å². The highest BCUT2D eigenvalue weighted by atomic mass is 16.5. The molecule has 0 amide bonds. The first-order valence-corrected chi connectivity index (χ1v) is 4.81. The molecule has 3 heteroatoms. The molecule has 3 nitrogen and oxygen atoms in total. The molecule has 1 N–H and O–H groups in total. The number of carboxylic acids is 1. The Hall–Kier alpha value is -1.25. The maximum Gasteiger partial charge on any atom is 0.339 e. The number of hydrogen-bond acceptors (Lipinski definition) is 2. The maximum absolute atomic E-state index is 11.0. The van der Waals surface area contributed by atoms with Gasteiger partial charge in [0.15, 0.2) is 0 Å². The predicted octanol–water partition coefficient (Wildman–Crippen LogP) is 2.10. The summed E-state index contributed by atoms with van der Waals surface area (Å²) in [6.45, 7) is 4.74. The van der Waals surface area contributed by atoms with Gasteiger partial charge in [-0.25, -0.2) is 4.79 Å². The summed E-state index contributed by atoms with van der Waals surface area (Å²) in [5.74, 6) is -0.260. The number of rotatable bonds is 1. The highest BCUT2D eigenvalue weighted by Crippen LogP contribution is 2.41. The molecule has 0 bridgehead atoms. The number of hydrogen-bond donors (Lipinski definition) is 1. The molecule has 76 valence electrons. The Kier molecular flexibility index (Phi) is 1.91. The molecule has 14 heavy (non-hydrogen) atoms. The second kappa shape index (κ2) is 2.87. The Labute approximate surface area is 83.1 Å². The van der Waals surface area contributed by atoms with Crippen LogP contribution < -0.4 is 0 Å². The molecule has 0 saturated heterocycles. The number of allylic oxidation sites excluding steroid dienone is 1. The zero-order valence-electron chi connectivity index (χ0n) is 8.46. The minimum atomic E-state index is -0.882. The number of aliphatic carboxylic acids is 1. The second-order valence-corrected chi connectivity index (χ2v) is 4.56. The average molecular weight is 194 g/mol. The number of carboxylic acid groups (broad SMARTS) is 1. The van der Waals surface area contributed by atoms with Gasteiger partial charge in [-0.3, -0.25) is 0 Å². The lowest BCUT2D eigenvalue weighted by Gasteiger charge is -2.26. The molecule has 2 aliphatic rings. The molecular weight excluding hydrogens is 180 g/mol. The van der Waals surface area contributed by atoms with Crippen LogP contribution in [-0.2, 0) is 9.53 Å². The van der Waals surface area contributed by atoms with Crippen molar-refractivity contribution in [3.63, 3.8) is 0 Å². The Morgan fingerprint density at radius 2 is 2.29 bits per heavy atom. The minimum absolute atomic E-state index is 0.0553. The molecule has 1 aliphatic heterocycles. The fourth-order valence-electron chi connectivity index (χ4n) is 2.14. The lowest BCUT2D eigenvalue weighted by atomic mass is 9.78. The minimum Gasteiger partial charge on any atom is -0.492 e. The fourth-order valence-corrected chi connectivity index (χ4v) is 2.14. The third-order valence-corrected chi connectivity index (χ3v) is 2.65. The van der Waals surface area contributed by atoms with Gasteiger partial charge in [-0.2, -0.15) is 0 Å². The molecule has 0 radical (unpaired) electrons. The van der Waals surface area contributed by atoms with E-state index in [1.54, 1.807) is 6.08 Å². The first kappa shape index (κ1) is 9.31. The third-order valence-electron chi connectivity index (χ3n) is 2.65. The molecule has 1 aliphatic carbocycles. The maximum atomic E-state index is 11.0. The molecule has 0 fully saturated rings. The van der Waals surface area contributed by atoms with Gasteiger partial charge in [0.25, 0.3) is 0 Å². The van der Waals surface area contributed by atoms with E-state index >= 15 is 0 Å². The predicted molar refractivity (Wildman–Crippen MR) is 51.7 cm³/mol. The van der Waals surface area contributed by atoms with Gasteiger partial charge in [-0.1, -0.05) is 19.9 Å². The largest absolute Gasteiger partial charge is 0.492 e. The van der Waals surface area contributed by atoms with E-state index in [9.17, 15) is 4.79 Å². The van der Waals surface area contributed by atoms with E-state index in [1.807, 2.05) is 0 Å². The van der Waals surface area contributed by atoms with E-state index in [2.05, 4.69) is 13.8 Å². The molecule has 0 saturated carbocycles. The Bertz CT molecular complexity index is 348. The zero-order valence-corrected chi connectivity index (χ0v) is 8.46. The lowest BCUT2D eigenvalue weighted by Crippen LogP contribution is -2.19. The van der Waals surface area contributed by atoms with Crippen molar-refractivity contribution in [2.45, 2.75) is 26.7 Å².